The first-order chi connectivity index (χ1) is 9.97. The van der Waals surface area contributed by atoms with Gasteiger partial charge >= 0.3 is 5.97 Å². The Kier molecular flexibility index (Phi) is 5.22. The number of benzene rings is 1. The summed E-state index contributed by atoms with van der Waals surface area (Å²) in [6.45, 7) is 0. The molecular formula is C12H9Cl2N3O3S. The Morgan fingerprint density at radius 2 is 2.10 bits per heavy atom. The molecule has 0 radical (unpaired) electrons. The molecule has 0 aromatic heterocycles. The number of carbonyl (C=O) groups excluding carboxylic acids is 1. The first-order valence-corrected chi connectivity index (χ1v) is 7.35. The molecule has 1 aromatic rings. The average Bonchev–Trinajstić information content (AvgIpc) is 2.73. The van der Waals surface area contributed by atoms with Crippen LogP contribution < -0.4 is 5.32 Å². The van der Waals surface area contributed by atoms with Gasteiger partial charge in [-0.25, -0.2) is 0 Å². The summed E-state index contributed by atoms with van der Waals surface area (Å²) in [6.07, 6.45) is 1.10. The molecule has 21 heavy (non-hydrogen) atoms. The van der Waals surface area contributed by atoms with Crippen molar-refractivity contribution in [1.82, 2.24) is 5.32 Å². The molecule has 110 valence electrons. The second-order valence-corrected chi connectivity index (χ2v) is 5.98. The van der Waals surface area contributed by atoms with E-state index in [2.05, 4.69) is 15.5 Å². The van der Waals surface area contributed by atoms with Crippen LogP contribution in [0.4, 0.5) is 0 Å². The van der Waals surface area contributed by atoms with E-state index in [0.717, 1.165) is 11.8 Å². The van der Waals surface area contributed by atoms with Crippen molar-refractivity contribution in [2.24, 2.45) is 10.2 Å². The molecule has 0 aliphatic carbocycles. The molecule has 6 nitrogen and oxygen atoms in total. The van der Waals surface area contributed by atoms with E-state index < -0.39 is 17.1 Å². The van der Waals surface area contributed by atoms with Crippen molar-refractivity contribution in [3.63, 3.8) is 0 Å². The van der Waals surface area contributed by atoms with Crippen LogP contribution in [0.5, 0.6) is 0 Å². The lowest BCUT2D eigenvalue weighted by molar-refractivity contribution is -0.138. The Hall–Kier alpha value is -1.57. The number of carboxylic acids is 1. The molecule has 0 saturated carbocycles. The zero-order valence-electron chi connectivity index (χ0n) is 10.4. The van der Waals surface area contributed by atoms with Gasteiger partial charge in [0.05, 0.1) is 22.7 Å². The monoisotopic (exact) mass is 345 g/mol. The fourth-order valence-corrected chi connectivity index (χ4v) is 2.93. The molecule has 1 heterocycles. The van der Waals surface area contributed by atoms with Crippen LogP contribution in [-0.2, 0) is 9.59 Å². The van der Waals surface area contributed by atoms with E-state index in [9.17, 15) is 9.59 Å². The van der Waals surface area contributed by atoms with Gasteiger partial charge in [0.1, 0.15) is 5.25 Å². The van der Waals surface area contributed by atoms with Crippen molar-refractivity contribution in [3.05, 3.63) is 33.8 Å². The molecule has 1 amide bonds. The van der Waals surface area contributed by atoms with Crippen molar-refractivity contribution >= 4 is 58.2 Å². The van der Waals surface area contributed by atoms with Gasteiger partial charge in [-0.2, -0.15) is 5.10 Å². The highest BCUT2D eigenvalue weighted by atomic mass is 35.5. The molecule has 0 spiro atoms. The van der Waals surface area contributed by atoms with Crippen molar-refractivity contribution < 1.29 is 14.7 Å². The lowest BCUT2D eigenvalue weighted by atomic mass is 10.2. The average molecular weight is 346 g/mol. The van der Waals surface area contributed by atoms with Gasteiger partial charge in [-0.1, -0.05) is 41.0 Å². The zero-order chi connectivity index (χ0) is 15.4. The highest BCUT2D eigenvalue weighted by molar-refractivity contribution is 8.15. The van der Waals surface area contributed by atoms with Gasteiger partial charge in [0, 0.05) is 5.56 Å². The maximum atomic E-state index is 11.5. The Bertz CT molecular complexity index is 628. The number of nitrogens with zero attached hydrogens (tertiary/aromatic N) is 2. The summed E-state index contributed by atoms with van der Waals surface area (Å²) in [4.78, 5) is 22.1. The molecular weight excluding hydrogens is 337 g/mol. The second kappa shape index (κ2) is 6.93. The van der Waals surface area contributed by atoms with Gasteiger partial charge in [0.2, 0.25) is 5.91 Å². The summed E-state index contributed by atoms with van der Waals surface area (Å²) in [5, 5.41) is 19.2. The smallest absolute Gasteiger partial charge is 0.305 e. The van der Waals surface area contributed by atoms with Crippen LogP contribution in [0, 0.1) is 0 Å². The lowest BCUT2D eigenvalue weighted by Crippen LogP contribution is -2.26. The number of halogens is 2. The Morgan fingerprint density at radius 1 is 1.43 bits per heavy atom. The van der Waals surface area contributed by atoms with E-state index in [4.69, 9.17) is 28.3 Å². The van der Waals surface area contributed by atoms with Crippen LogP contribution in [-0.4, -0.2) is 33.6 Å². The molecule has 1 saturated heterocycles. The first kappa shape index (κ1) is 15.8. The molecule has 0 unspecified atom stereocenters. The number of carbonyl (C=O) groups is 2. The molecule has 2 N–H and O–H groups in total. The number of aliphatic carboxylic acids is 1. The molecule has 1 atom stereocenters. The van der Waals surface area contributed by atoms with Gasteiger partial charge in [0.25, 0.3) is 0 Å². The third-order valence-corrected chi connectivity index (χ3v) is 4.20. The van der Waals surface area contributed by atoms with Crippen LogP contribution >= 0.6 is 35.0 Å². The minimum atomic E-state index is -1.05. The van der Waals surface area contributed by atoms with Crippen LogP contribution in [0.1, 0.15) is 12.0 Å². The summed E-state index contributed by atoms with van der Waals surface area (Å²) in [7, 11) is 0. The molecule has 0 bridgehead atoms. The molecule has 1 aromatic carbocycles. The summed E-state index contributed by atoms with van der Waals surface area (Å²) in [6, 6.07) is 5.03. The number of carboxylic acid groups (broad SMARTS) is 1. The summed E-state index contributed by atoms with van der Waals surface area (Å²) >= 11 is 12.9. The van der Waals surface area contributed by atoms with E-state index in [0.29, 0.717) is 15.6 Å². The van der Waals surface area contributed by atoms with E-state index in [1.165, 1.54) is 6.21 Å². The van der Waals surface area contributed by atoms with Gasteiger partial charge in [-0.15, -0.1) is 5.10 Å². The fourth-order valence-electron chi connectivity index (χ4n) is 1.52. The quantitative estimate of drug-likeness (QED) is 0.647. The van der Waals surface area contributed by atoms with Crippen molar-refractivity contribution in [1.29, 1.82) is 0 Å². The zero-order valence-corrected chi connectivity index (χ0v) is 12.7. The molecule has 2 rings (SSSR count). The number of hydrogen-bond acceptors (Lipinski definition) is 5. The topological polar surface area (TPSA) is 91.1 Å². The van der Waals surface area contributed by atoms with Gasteiger partial charge in [-0.3, -0.25) is 9.59 Å². The van der Waals surface area contributed by atoms with E-state index in [1.54, 1.807) is 18.2 Å². The third-order valence-electron chi connectivity index (χ3n) is 2.47. The largest absolute Gasteiger partial charge is 0.481 e. The first-order valence-electron chi connectivity index (χ1n) is 5.71. The maximum absolute atomic E-state index is 11.5. The SMILES string of the molecule is O=C(O)C[C@H]1S/C(=N\N=C/c2c(Cl)cccc2Cl)NC1=O. The fraction of sp³-hybridized carbons (Fsp3) is 0.167. The van der Waals surface area contributed by atoms with Crippen molar-refractivity contribution in [2.45, 2.75) is 11.7 Å². The van der Waals surface area contributed by atoms with Crippen LogP contribution in [0.3, 0.4) is 0 Å². The van der Waals surface area contributed by atoms with Gasteiger partial charge in [0.15, 0.2) is 5.17 Å². The van der Waals surface area contributed by atoms with Crippen LogP contribution in [0.15, 0.2) is 28.4 Å². The van der Waals surface area contributed by atoms with E-state index in [-0.39, 0.29) is 11.6 Å². The number of thioether (sulfide) groups is 1. The second-order valence-electron chi connectivity index (χ2n) is 3.98. The number of nitrogens with one attached hydrogen (secondary N) is 1. The van der Waals surface area contributed by atoms with Crippen molar-refractivity contribution in [2.75, 3.05) is 0 Å². The molecule has 1 aliphatic rings. The predicted molar refractivity (Wildman–Crippen MR) is 83.3 cm³/mol. The molecule has 1 aliphatic heterocycles. The lowest BCUT2D eigenvalue weighted by Gasteiger charge is -1.99. The Labute approximate surface area is 134 Å². The third kappa shape index (κ3) is 4.20. The summed E-state index contributed by atoms with van der Waals surface area (Å²) in [5.41, 5.74) is 0.515. The van der Waals surface area contributed by atoms with E-state index in [1.807, 2.05) is 0 Å². The normalized spacial score (nSPS) is 20.2. The Balaban J connectivity index is 2.07. The van der Waals surface area contributed by atoms with Crippen molar-refractivity contribution in [3.8, 4) is 0 Å². The minimum absolute atomic E-state index is 0.241. The highest BCUT2D eigenvalue weighted by Crippen LogP contribution is 2.24. The number of amidine groups is 1. The molecule has 9 heteroatoms. The number of amides is 1. The molecule has 1 fully saturated rings. The highest BCUT2D eigenvalue weighted by Gasteiger charge is 2.32. The van der Waals surface area contributed by atoms with Gasteiger partial charge in [-0.05, 0) is 12.1 Å². The predicted octanol–water partition coefficient (Wildman–Crippen LogP) is 2.39. The maximum Gasteiger partial charge on any atom is 0.305 e. The number of hydrogen-bond donors (Lipinski definition) is 2. The standard InChI is InChI=1S/C12H9Cl2N3O3S/c13-7-2-1-3-8(14)6(7)5-15-17-12-16-11(20)9(21-12)4-10(18)19/h1-3,5,9H,4H2,(H,18,19)(H,16,17,20)/b15-5-/t9-/m1/s1. The van der Waals surface area contributed by atoms with Crippen LogP contribution in [0.25, 0.3) is 0 Å². The van der Waals surface area contributed by atoms with Gasteiger partial charge < -0.3 is 10.4 Å². The summed E-state index contributed by atoms with van der Waals surface area (Å²) < 4.78 is 0. The Morgan fingerprint density at radius 3 is 2.71 bits per heavy atom. The summed E-state index contributed by atoms with van der Waals surface area (Å²) in [5.74, 6) is -1.44. The number of rotatable bonds is 4. The minimum Gasteiger partial charge on any atom is -0.481 e. The van der Waals surface area contributed by atoms with Crippen LogP contribution in [0.2, 0.25) is 10.0 Å². The van der Waals surface area contributed by atoms with E-state index >= 15 is 0 Å².